The van der Waals surface area contributed by atoms with Gasteiger partial charge < -0.3 is 14.9 Å². The molecule has 0 bridgehead atoms. The molecule has 7 heteroatoms. The highest BCUT2D eigenvalue weighted by Crippen LogP contribution is 2.28. The summed E-state index contributed by atoms with van der Waals surface area (Å²) in [6, 6.07) is 18.6. The van der Waals surface area contributed by atoms with Crippen LogP contribution in [0.2, 0.25) is 0 Å². The maximum absolute atomic E-state index is 13.5. The Morgan fingerprint density at radius 1 is 0.882 bits per heavy atom. The summed E-state index contributed by atoms with van der Waals surface area (Å²) in [5.41, 5.74) is 1.23. The first-order chi connectivity index (χ1) is 16.6. The highest BCUT2D eigenvalue weighted by Gasteiger charge is 2.17. The number of rotatable bonds is 6. The highest BCUT2D eigenvalue weighted by molar-refractivity contribution is 5.85. The number of benzene rings is 3. The third kappa shape index (κ3) is 4.47. The molecule has 2 heterocycles. The predicted molar refractivity (Wildman–Crippen MR) is 132 cm³/mol. The van der Waals surface area contributed by atoms with Crippen molar-refractivity contribution in [3.8, 4) is 34.3 Å². The first kappa shape index (κ1) is 22.0. The summed E-state index contributed by atoms with van der Waals surface area (Å²) in [5, 5.41) is 20.3. The van der Waals surface area contributed by atoms with E-state index in [0.29, 0.717) is 29.1 Å². The monoisotopic (exact) mass is 457 g/mol. The number of hydrogen-bond donors (Lipinski definition) is 2. The quantitative estimate of drug-likeness (QED) is 0.448. The van der Waals surface area contributed by atoms with E-state index in [1.54, 1.807) is 36.4 Å². The second kappa shape index (κ2) is 9.57. The van der Waals surface area contributed by atoms with Crippen LogP contribution >= 0.6 is 0 Å². The number of para-hydroxylation sites is 1. The number of likely N-dealkylation sites (tertiary alicyclic amines) is 1. The van der Waals surface area contributed by atoms with Gasteiger partial charge in [0.15, 0.2) is 0 Å². The van der Waals surface area contributed by atoms with Crippen LogP contribution in [-0.2, 0) is 0 Å². The lowest BCUT2D eigenvalue weighted by Gasteiger charge is -2.26. The average Bonchev–Trinajstić information content (AvgIpc) is 2.86. The molecule has 1 aliphatic rings. The van der Waals surface area contributed by atoms with Crippen LogP contribution in [0.4, 0.5) is 0 Å². The van der Waals surface area contributed by atoms with Crippen LogP contribution in [0, 0.1) is 0 Å². The summed E-state index contributed by atoms with van der Waals surface area (Å²) in [7, 11) is 0. The lowest BCUT2D eigenvalue weighted by molar-refractivity contribution is 0.183. The van der Waals surface area contributed by atoms with E-state index in [1.165, 1.54) is 29.9 Å². The number of ether oxygens (including phenoxy) is 1. The van der Waals surface area contributed by atoms with Crippen LogP contribution in [0.25, 0.3) is 28.0 Å². The van der Waals surface area contributed by atoms with Gasteiger partial charge in [-0.05, 0) is 86.6 Å². The van der Waals surface area contributed by atoms with Gasteiger partial charge >= 0.3 is 0 Å². The molecule has 2 N–H and O–H groups in total. The second-order valence-corrected chi connectivity index (χ2v) is 8.54. The van der Waals surface area contributed by atoms with Crippen molar-refractivity contribution in [2.75, 3.05) is 26.2 Å². The van der Waals surface area contributed by atoms with Crippen LogP contribution in [0.15, 0.2) is 71.5 Å². The van der Waals surface area contributed by atoms with Crippen molar-refractivity contribution in [2.24, 2.45) is 0 Å². The van der Waals surface area contributed by atoms with Crippen molar-refractivity contribution in [3.63, 3.8) is 0 Å². The Morgan fingerprint density at radius 3 is 2.35 bits per heavy atom. The molecule has 0 saturated carbocycles. The van der Waals surface area contributed by atoms with Gasteiger partial charge in [-0.3, -0.25) is 14.3 Å². The van der Waals surface area contributed by atoms with Gasteiger partial charge in [-0.25, -0.2) is 4.98 Å². The number of fused-ring (bicyclic) bond motifs is 1. The minimum atomic E-state index is -0.289. The number of piperidine rings is 1. The number of phenolic OH excluding ortho intramolecular Hbond substituents is 2. The molecule has 5 rings (SSSR count). The minimum absolute atomic E-state index is 0.0563. The largest absolute Gasteiger partial charge is 0.508 e. The number of aromatic nitrogens is 2. The van der Waals surface area contributed by atoms with Gasteiger partial charge in [0.1, 0.15) is 35.2 Å². The molecule has 7 nitrogen and oxygen atoms in total. The minimum Gasteiger partial charge on any atom is -0.508 e. The van der Waals surface area contributed by atoms with Crippen molar-refractivity contribution in [1.82, 2.24) is 14.5 Å². The number of nitrogens with zero attached hydrogens (tertiary/aromatic N) is 3. The van der Waals surface area contributed by atoms with Crippen LogP contribution in [0.5, 0.6) is 17.2 Å². The molecule has 1 fully saturated rings. The molecule has 1 aromatic heterocycles. The van der Waals surface area contributed by atoms with Gasteiger partial charge in [0.05, 0.1) is 11.1 Å². The molecular formula is C27H27N3O4. The third-order valence-electron chi connectivity index (χ3n) is 6.22. The van der Waals surface area contributed by atoms with Crippen molar-refractivity contribution in [3.05, 3.63) is 77.1 Å². The standard InChI is InChI=1S/C27H27N3O4/c31-21-11-7-19(8-12-21)26-28-25-23(5-4-6-24(25)32)27(33)30(26)20-9-13-22(14-10-20)34-18-17-29-15-2-1-3-16-29/h4-14,31-32H,1-3,15-18H2. The Hall–Kier alpha value is -3.84. The van der Waals surface area contributed by atoms with E-state index >= 15 is 0 Å². The van der Waals surface area contributed by atoms with Crippen LogP contribution < -0.4 is 10.3 Å². The van der Waals surface area contributed by atoms with Crippen LogP contribution in [0.1, 0.15) is 19.3 Å². The van der Waals surface area contributed by atoms with E-state index in [9.17, 15) is 15.0 Å². The molecule has 1 saturated heterocycles. The molecule has 0 atom stereocenters. The molecule has 0 spiro atoms. The number of phenols is 2. The summed E-state index contributed by atoms with van der Waals surface area (Å²) in [5.74, 6) is 1.18. The van der Waals surface area contributed by atoms with Crippen molar-refractivity contribution in [1.29, 1.82) is 0 Å². The Morgan fingerprint density at radius 2 is 1.62 bits per heavy atom. The fourth-order valence-corrected chi connectivity index (χ4v) is 4.40. The average molecular weight is 458 g/mol. The lowest BCUT2D eigenvalue weighted by Crippen LogP contribution is -2.33. The number of aromatic hydroxyl groups is 2. The Bertz CT molecular complexity index is 1340. The summed E-state index contributed by atoms with van der Waals surface area (Å²) >= 11 is 0. The molecule has 0 amide bonds. The van der Waals surface area contributed by atoms with Gasteiger partial charge in [-0.1, -0.05) is 12.5 Å². The van der Waals surface area contributed by atoms with Gasteiger partial charge in [0.2, 0.25) is 0 Å². The van der Waals surface area contributed by atoms with Gasteiger partial charge in [-0.15, -0.1) is 0 Å². The van der Waals surface area contributed by atoms with Gasteiger partial charge in [-0.2, -0.15) is 0 Å². The zero-order valence-electron chi connectivity index (χ0n) is 18.9. The molecule has 3 aromatic carbocycles. The van der Waals surface area contributed by atoms with E-state index in [-0.39, 0.29) is 22.6 Å². The van der Waals surface area contributed by atoms with E-state index in [1.807, 2.05) is 24.3 Å². The highest BCUT2D eigenvalue weighted by atomic mass is 16.5. The molecular weight excluding hydrogens is 430 g/mol. The molecule has 34 heavy (non-hydrogen) atoms. The van der Waals surface area contributed by atoms with Crippen LogP contribution in [0.3, 0.4) is 0 Å². The SMILES string of the molecule is O=c1c2cccc(O)c2nc(-c2ccc(O)cc2)n1-c1ccc(OCCN2CCCCC2)cc1. The first-order valence-corrected chi connectivity index (χ1v) is 11.6. The smallest absolute Gasteiger partial charge is 0.266 e. The Balaban J connectivity index is 1.48. The summed E-state index contributed by atoms with van der Waals surface area (Å²) in [6.45, 7) is 3.80. The zero-order valence-corrected chi connectivity index (χ0v) is 18.9. The lowest BCUT2D eigenvalue weighted by atomic mass is 10.1. The second-order valence-electron chi connectivity index (χ2n) is 8.54. The normalized spacial score (nSPS) is 14.4. The number of hydrogen-bond acceptors (Lipinski definition) is 6. The molecule has 4 aromatic rings. The maximum Gasteiger partial charge on any atom is 0.266 e. The summed E-state index contributed by atoms with van der Waals surface area (Å²) in [6.07, 6.45) is 3.82. The fourth-order valence-electron chi connectivity index (χ4n) is 4.40. The molecule has 0 radical (unpaired) electrons. The van der Waals surface area contributed by atoms with E-state index < -0.39 is 0 Å². The zero-order chi connectivity index (χ0) is 23.5. The van der Waals surface area contributed by atoms with E-state index in [0.717, 1.165) is 25.4 Å². The van der Waals surface area contributed by atoms with E-state index in [4.69, 9.17) is 4.74 Å². The predicted octanol–water partition coefficient (Wildman–Crippen LogP) is 4.33. The molecule has 174 valence electrons. The summed E-state index contributed by atoms with van der Waals surface area (Å²) < 4.78 is 7.46. The topological polar surface area (TPSA) is 87.8 Å². The maximum atomic E-state index is 13.5. The van der Waals surface area contributed by atoms with Gasteiger partial charge in [0, 0.05) is 12.1 Å². The molecule has 0 unspecified atom stereocenters. The van der Waals surface area contributed by atoms with Crippen molar-refractivity contribution < 1.29 is 14.9 Å². The van der Waals surface area contributed by atoms with E-state index in [2.05, 4.69) is 9.88 Å². The fraction of sp³-hybridized carbons (Fsp3) is 0.259. The van der Waals surface area contributed by atoms with Crippen LogP contribution in [-0.4, -0.2) is 50.9 Å². The first-order valence-electron chi connectivity index (χ1n) is 11.6. The van der Waals surface area contributed by atoms with Crippen molar-refractivity contribution >= 4 is 10.9 Å². The van der Waals surface area contributed by atoms with Gasteiger partial charge in [0.25, 0.3) is 5.56 Å². The summed E-state index contributed by atoms with van der Waals surface area (Å²) in [4.78, 5) is 20.6. The molecule has 0 aliphatic carbocycles. The molecule has 1 aliphatic heterocycles. The van der Waals surface area contributed by atoms with Crippen molar-refractivity contribution in [2.45, 2.75) is 19.3 Å². The Kier molecular flexibility index (Phi) is 6.18. The Labute approximate surface area is 197 Å². The third-order valence-corrected chi connectivity index (χ3v) is 6.22.